The number of nitrogens with two attached hydrogens (primary N) is 1. The highest BCUT2D eigenvalue weighted by molar-refractivity contribution is 5.81. The Labute approximate surface area is 100 Å². The number of pyridine rings is 1. The van der Waals surface area contributed by atoms with E-state index in [9.17, 15) is 0 Å². The highest BCUT2D eigenvalue weighted by Gasteiger charge is 2.17. The van der Waals surface area contributed by atoms with Crippen LogP contribution in [0, 0.1) is 0 Å². The highest BCUT2D eigenvalue weighted by atomic mass is 15.3. The van der Waals surface area contributed by atoms with Gasteiger partial charge in [0.1, 0.15) is 5.69 Å². The first kappa shape index (κ1) is 10.4. The van der Waals surface area contributed by atoms with Gasteiger partial charge in [0, 0.05) is 25.8 Å². The summed E-state index contributed by atoms with van der Waals surface area (Å²) in [7, 11) is 0. The fourth-order valence-corrected chi connectivity index (χ4v) is 2.30. The maximum Gasteiger partial charge on any atom is 0.175 e. The SMILES string of the molecule is Nc1c(N2CCCNCC2)nn2ccccc12. The zero-order valence-corrected chi connectivity index (χ0v) is 9.76. The minimum Gasteiger partial charge on any atom is -0.394 e. The lowest BCUT2D eigenvalue weighted by Crippen LogP contribution is -2.28. The monoisotopic (exact) mass is 231 g/mol. The molecule has 0 amide bonds. The summed E-state index contributed by atoms with van der Waals surface area (Å²) in [5, 5.41) is 7.95. The van der Waals surface area contributed by atoms with Crippen molar-refractivity contribution >= 4 is 17.0 Å². The molecule has 3 heterocycles. The van der Waals surface area contributed by atoms with Crippen LogP contribution in [0.1, 0.15) is 6.42 Å². The molecule has 3 N–H and O–H groups in total. The van der Waals surface area contributed by atoms with E-state index in [1.54, 1.807) is 0 Å². The van der Waals surface area contributed by atoms with E-state index in [-0.39, 0.29) is 0 Å². The Balaban J connectivity index is 2.01. The van der Waals surface area contributed by atoms with E-state index >= 15 is 0 Å². The normalized spacial score (nSPS) is 17.3. The maximum atomic E-state index is 6.18. The zero-order valence-electron chi connectivity index (χ0n) is 9.76. The molecule has 0 radical (unpaired) electrons. The summed E-state index contributed by atoms with van der Waals surface area (Å²) >= 11 is 0. The van der Waals surface area contributed by atoms with E-state index in [4.69, 9.17) is 5.73 Å². The van der Waals surface area contributed by atoms with Crippen LogP contribution in [-0.4, -0.2) is 35.8 Å². The van der Waals surface area contributed by atoms with Gasteiger partial charge < -0.3 is 16.0 Å². The molecule has 0 atom stereocenters. The van der Waals surface area contributed by atoms with Crippen molar-refractivity contribution < 1.29 is 0 Å². The predicted molar refractivity (Wildman–Crippen MR) is 69.3 cm³/mol. The topological polar surface area (TPSA) is 58.6 Å². The van der Waals surface area contributed by atoms with Gasteiger partial charge in [0.2, 0.25) is 0 Å². The van der Waals surface area contributed by atoms with Crippen LogP contribution in [0.15, 0.2) is 24.4 Å². The first-order valence-electron chi connectivity index (χ1n) is 6.05. The Morgan fingerprint density at radius 2 is 2.18 bits per heavy atom. The summed E-state index contributed by atoms with van der Waals surface area (Å²) in [4.78, 5) is 2.27. The van der Waals surface area contributed by atoms with Crippen molar-refractivity contribution in [1.82, 2.24) is 14.9 Å². The molecular formula is C12H17N5. The molecule has 5 nitrogen and oxygen atoms in total. The molecule has 1 aliphatic heterocycles. The smallest absolute Gasteiger partial charge is 0.175 e. The fourth-order valence-electron chi connectivity index (χ4n) is 2.30. The molecule has 0 saturated carbocycles. The van der Waals surface area contributed by atoms with E-state index in [1.165, 1.54) is 0 Å². The second-order valence-corrected chi connectivity index (χ2v) is 4.36. The van der Waals surface area contributed by atoms with Crippen molar-refractivity contribution in [3.05, 3.63) is 24.4 Å². The van der Waals surface area contributed by atoms with Crippen molar-refractivity contribution in [2.24, 2.45) is 0 Å². The van der Waals surface area contributed by atoms with Gasteiger partial charge in [-0.15, -0.1) is 5.10 Å². The Bertz CT molecular complexity index is 511. The molecule has 0 aromatic carbocycles. The standard InChI is InChI=1S/C12H17N5/c13-11-10-4-1-2-8-17(10)15-12(11)16-7-3-5-14-6-9-16/h1-2,4,8,14H,3,5-7,9,13H2. The van der Waals surface area contributed by atoms with E-state index < -0.39 is 0 Å². The van der Waals surface area contributed by atoms with E-state index in [0.29, 0.717) is 0 Å². The minimum atomic E-state index is 0.785. The second-order valence-electron chi connectivity index (χ2n) is 4.36. The van der Waals surface area contributed by atoms with E-state index in [1.807, 2.05) is 28.9 Å². The third kappa shape index (κ3) is 1.82. The molecule has 1 fully saturated rings. The molecular weight excluding hydrogens is 214 g/mol. The average Bonchev–Trinajstić information content (AvgIpc) is 2.57. The molecule has 90 valence electrons. The molecule has 1 saturated heterocycles. The summed E-state index contributed by atoms with van der Waals surface area (Å²) < 4.78 is 1.85. The summed E-state index contributed by atoms with van der Waals surface area (Å²) in [6, 6.07) is 5.95. The molecule has 3 rings (SSSR count). The molecule has 5 heteroatoms. The van der Waals surface area contributed by atoms with Crippen LogP contribution in [0.2, 0.25) is 0 Å². The van der Waals surface area contributed by atoms with Crippen molar-refractivity contribution in [3.63, 3.8) is 0 Å². The molecule has 0 spiro atoms. The van der Waals surface area contributed by atoms with Crippen LogP contribution in [0.25, 0.3) is 5.52 Å². The van der Waals surface area contributed by atoms with Crippen LogP contribution >= 0.6 is 0 Å². The van der Waals surface area contributed by atoms with Crippen LogP contribution in [0.5, 0.6) is 0 Å². The van der Waals surface area contributed by atoms with Gasteiger partial charge in [0.15, 0.2) is 5.82 Å². The van der Waals surface area contributed by atoms with Gasteiger partial charge in [-0.05, 0) is 25.1 Å². The van der Waals surface area contributed by atoms with Gasteiger partial charge in [-0.25, -0.2) is 4.52 Å². The molecule has 0 bridgehead atoms. The van der Waals surface area contributed by atoms with Crippen LogP contribution in [0.3, 0.4) is 0 Å². The number of hydrogen-bond acceptors (Lipinski definition) is 4. The molecule has 2 aromatic rings. The number of aromatic nitrogens is 2. The fraction of sp³-hybridized carbons (Fsp3) is 0.417. The maximum absolute atomic E-state index is 6.18. The summed E-state index contributed by atoms with van der Waals surface area (Å²) in [5.74, 6) is 0.917. The lowest BCUT2D eigenvalue weighted by atomic mass is 10.3. The van der Waals surface area contributed by atoms with Crippen molar-refractivity contribution in [3.8, 4) is 0 Å². The average molecular weight is 231 g/mol. The highest BCUT2D eigenvalue weighted by Crippen LogP contribution is 2.26. The number of rotatable bonds is 1. The molecule has 0 unspecified atom stereocenters. The minimum absolute atomic E-state index is 0.785. The quantitative estimate of drug-likeness (QED) is 0.759. The largest absolute Gasteiger partial charge is 0.394 e. The van der Waals surface area contributed by atoms with Gasteiger partial charge >= 0.3 is 0 Å². The number of nitrogens with one attached hydrogen (secondary N) is 1. The summed E-state index contributed by atoms with van der Waals surface area (Å²) in [5.41, 5.74) is 7.95. The van der Waals surface area contributed by atoms with Crippen molar-refractivity contribution in [2.75, 3.05) is 36.8 Å². The second kappa shape index (κ2) is 4.25. The van der Waals surface area contributed by atoms with Crippen LogP contribution < -0.4 is 16.0 Å². The third-order valence-corrected chi connectivity index (χ3v) is 3.20. The Hall–Kier alpha value is -1.75. The van der Waals surface area contributed by atoms with Gasteiger partial charge in [-0.2, -0.15) is 0 Å². The first-order valence-corrected chi connectivity index (χ1v) is 6.05. The number of fused-ring (bicyclic) bond motifs is 1. The van der Waals surface area contributed by atoms with Crippen LogP contribution in [0.4, 0.5) is 11.5 Å². The molecule has 2 aromatic heterocycles. The summed E-state index contributed by atoms with van der Waals surface area (Å²) in [6.45, 7) is 4.05. The van der Waals surface area contributed by atoms with E-state index in [2.05, 4.69) is 15.3 Å². The third-order valence-electron chi connectivity index (χ3n) is 3.20. The molecule has 1 aliphatic rings. The molecule has 0 aliphatic carbocycles. The van der Waals surface area contributed by atoms with E-state index in [0.717, 1.165) is 49.6 Å². The first-order chi connectivity index (χ1) is 8.36. The van der Waals surface area contributed by atoms with Gasteiger partial charge in [0.25, 0.3) is 0 Å². The van der Waals surface area contributed by atoms with Crippen molar-refractivity contribution in [1.29, 1.82) is 0 Å². The number of anilines is 2. The Morgan fingerprint density at radius 3 is 3.06 bits per heavy atom. The zero-order chi connectivity index (χ0) is 11.7. The number of hydrogen-bond donors (Lipinski definition) is 2. The predicted octanol–water partition coefficient (Wildman–Crippen LogP) is 0.716. The van der Waals surface area contributed by atoms with Gasteiger partial charge in [0.05, 0.1) is 5.52 Å². The lowest BCUT2D eigenvalue weighted by molar-refractivity contribution is 0.724. The van der Waals surface area contributed by atoms with Gasteiger partial charge in [-0.3, -0.25) is 0 Å². The van der Waals surface area contributed by atoms with Crippen molar-refractivity contribution in [2.45, 2.75) is 6.42 Å². The Morgan fingerprint density at radius 1 is 1.24 bits per heavy atom. The number of nitrogen functional groups attached to an aromatic ring is 1. The molecule has 17 heavy (non-hydrogen) atoms. The lowest BCUT2D eigenvalue weighted by Gasteiger charge is -2.19. The summed E-state index contributed by atoms with van der Waals surface area (Å²) in [6.07, 6.45) is 3.07. The van der Waals surface area contributed by atoms with Crippen LogP contribution in [-0.2, 0) is 0 Å². The Kier molecular flexibility index (Phi) is 2.60. The van der Waals surface area contributed by atoms with Gasteiger partial charge in [-0.1, -0.05) is 6.07 Å². The number of nitrogens with zero attached hydrogens (tertiary/aromatic N) is 3.